The third-order valence-electron chi connectivity index (χ3n) is 4.81. The molecule has 4 aromatic rings. The lowest BCUT2D eigenvalue weighted by Crippen LogP contribution is -2.22. The predicted molar refractivity (Wildman–Crippen MR) is 102 cm³/mol. The molecule has 1 aliphatic carbocycles. The van der Waals surface area contributed by atoms with Crippen LogP contribution >= 0.6 is 0 Å². The second-order valence-electron chi connectivity index (χ2n) is 6.50. The van der Waals surface area contributed by atoms with E-state index in [0.29, 0.717) is 16.8 Å². The van der Waals surface area contributed by atoms with Crippen molar-refractivity contribution in [3.63, 3.8) is 0 Å². The number of benzene rings is 3. The van der Waals surface area contributed by atoms with Gasteiger partial charge < -0.3 is 5.11 Å². The molecule has 6 heteroatoms. The number of nitrogens with zero attached hydrogens (tertiary/aromatic N) is 3. The lowest BCUT2D eigenvalue weighted by Gasteiger charge is -2.14. The fourth-order valence-electron chi connectivity index (χ4n) is 3.43. The second-order valence-corrected chi connectivity index (χ2v) is 6.50. The Morgan fingerprint density at radius 1 is 0.750 bits per heavy atom. The number of aromatic nitrogens is 3. The first-order chi connectivity index (χ1) is 13.6. The molecule has 1 aliphatic rings. The van der Waals surface area contributed by atoms with E-state index in [2.05, 4.69) is 10.3 Å². The Bertz CT molecular complexity index is 1260. The number of carbonyl (C=O) groups excluding carboxylic acids is 2. The highest BCUT2D eigenvalue weighted by molar-refractivity contribution is 6.27. The largest absolute Gasteiger partial charge is 0.508 e. The molecule has 0 amide bonds. The molecule has 6 nitrogen and oxygen atoms in total. The van der Waals surface area contributed by atoms with Gasteiger partial charge in [0.1, 0.15) is 11.4 Å². The van der Waals surface area contributed by atoms with E-state index < -0.39 is 0 Å². The van der Waals surface area contributed by atoms with E-state index in [4.69, 9.17) is 0 Å². The zero-order valence-corrected chi connectivity index (χ0v) is 14.5. The van der Waals surface area contributed by atoms with Gasteiger partial charge in [0.25, 0.3) is 0 Å². The number of aromatic hydroxyl groups is 1. The Balaban J connectivity index is 1.58. The molecule has 0 radical (unpaired) electrons. The number of phenols is 1. The molecule has 1 aromatic heterocycles. The summed E-state index contributed by atoms with van der Waals surface area (Å²) in [6.07, 6.45) is 0. The lowest BCUT2D eigenvalue weighted by atomic mass is 9.90. The molecular formula is C22H13N3O3. The van der Waals surface area contributed by atoms with Gasteiger partial charge in [-0.05, 0) is 35.4 Å². The van der Waals surface area contributed by atoms with Crippen molar-refractivity contribution >= 4 is 11.6 Å². The van der Waals surface area contributed by atoms with Crippen LogP contribution in [-0.4, -0.2) is 31.7 Å². The van der Waals surface area contributed by atoms with Crippen molar-refractivity contribution in [2.75, 3.05) is 0 Å². The fourth-order valence-corrected chi connectivity index (χ4v) is 3.43. The van der Waals surface area contributed by atoms with E-state index in [1.807, 2.05) is 18.2 Å². The van der Waals surface area contributed by atoms with E-state index in [1.54, 1.807) is 54.6 Å². The molecule has 0 saturated carbocycles. The van der Waals surface area contributed by atoms with Gasteiger partial charge in [-0.15, -0.1) is 5.10 Å². The van der Waals surface area contributed by atoms with Gasteiger partial charge >= 0.3 is 0 Å². The quantitative estimate of drug-likeness (QED) is 0.517. The minimum Gasteiger partial charge on any atom is -0.508 e. The van der Waals surface area contributed by atoms with E-state index in [0.717, 1.165) is 11.1 Å². The van der Waals surface area contributed by atoms with E-state index in [1.165, 1.54) is 4.68 Å². The van der Waals surface area contributed by atoms with Crippen LogP contribution in [0.25, 0.3) is 16.8 Å². The normalized spacial score (nSPS) is 12.6. The number of hydrogen-bond acceptors (Lipinski definition) is 5. The van der Waals surface area contributed by atoms with Gasteiger partial charge in [-0.25, -0.2) is 4.68 Å². The second kappa shape index (κ2) is 5.99. The summed E-state index contributed by atoms with van der Waals surface area (Å²) < 4.78 is 1.40. The molecule has 3 aromatic carbocycles. The number of hydrogen-bond donors (Lipinski definition) is 1. The first kappa shape index (κ1) is 16.1. The van der Waals surface area contributed by atoms with Crippen molar-refractivity contribution in [2.24, 2.45) is 0 Å². The zero-order valence-electron chi connectivity index (χ0n) is 14.5. The summed E-state index contributed by atoms with van der Waals surface area (Å²) in [4.78, 5) is 25.6. The molecule has 5 rings (SSSR count). The molecule has 0 fully saturated rings. The molecule has 0 unspecified atom stereocenters. The number of phenolic OH excluding ortho intramolecular Hbond substituents is 1. The van der Waals surface area contributed by atoms with Crippen LogP contribution < -0.4 is 0 Å². The highest BCUT2D eigenvalue weighted by atomic mass is 16.3. The highest BCUT2D eigenvalue weighted by Gasteiger charge is 2.35. The molecule has 1 N–H and O–H groups in total. The molecule has 0 bridgehead atoms. The summed E-state index contributed by atoms with van der Waals surface area (Å²) in [6.45, 7) is 0. The topological polar surface area (TPSA) is 85.1 Å². The third-order valence-corrected chi connectivity index (χ3v) is 4.81. The van der Waals surface area contributed by atoms with Crippen LogP contribution in [0.3, 0.4) is 0 Å². The van der Waals surface area contributed by atoms with Crippen LogP contribution in [0.4, 0.5) is 0 Å². The van der Waals surface area contributed by atoms with Crippen molar-refractivity contribution in [3.8, 4) is 22.6 Å². The van der Waals surface area contributed by atoms with Gasteiger partial charge in [0, 0.05) is 11.1 Å². The molecule has 134 valence electrons. The Hall–Kier alpha value is -4.06. The van der Waals surface area contributed by atoms with Crippen LogP contribution in [0.5, 0.6) is 5.75 Å². The van der Waals surface area contributed by atoms with Gasteiger partial charge in [-0.2, -0.15) is 0 Å². The maximum atomic E-state index is 13.0. The van der Waals surface area contributed by atoms with Gasteiger partial charge in [0.2, 0.25) is 11.6 Å². The van der Waals surface area contributed by atoms with Gasteiger partial charge in [-0.3, -0.25) is 9.59 Å². The number of ketones is 2. The minimum absolute atomic E-state index is 0.0701. The average molecular weight is 367 g/mol. The maximum absolute atomic E-state index is 13.0. The molecule has 28 heavy (non-hydrogen) atoms. The first-order valence-electron chi connectivity index (χ1n) is 8.67. The highest BCUT2D eigenvalue weighted by Crippen LogP contribution is 2.28. The molecule has 0 saturated heterocycles. The Morgan fingerprint density at radius 3 is 2.18 bits per heavy atom. The van der Waals surface area contributed by atoms with Crippen molar-refractivity contribution in [1.82, 2.24) is 15.0 Å². The number of fused-ring (bicyclic) bond motifs is 2. The van der Waals surface area contributed by atoms with Crippen molar-refractivity contribution in [1.29, 1.82) is 0 Å². The summed E-state index contributed by atoms with van der Waals surface area (Å²) >= 11 is 0. The number of rotatable bonds is 2. The van der Waals surface area contributed by atoms with Gasteiger partial charge in [-0.1, -0.05) is 53.7 Å². The van der Waals surface area contributed by atoms with Crippen LogP contribution in [0, 0.1) is 0 Å². The lowest BCUT2D eigenvalue weighted by molar-refractivity contribution is 0.0972. The number of carbonyl (C=O) groups is 2. The molecule has 0 atom stereocenters. The maximum Gasteiger partial charge on any atom is 0.216 e. The Kier molecular flexibility index (Phi) is 3.45. The monoisotopic (exact) mass is 367 g/mol. The SMILES string of the molecule is O=C1c2ccccc2C(=O)c2c1nnn2-c1ccc(-c2cccc(O)c2)cc1. The summed E-state index contributed by atoms with van der Waals surface area (Å²) in [7, 11) is 0. The molecule has 1 heterocycles. The summed E-state index contributed by atoms with van der Waals surface area (Å²) in [5.74, 6) is -0.380. The summed E-state index contributed by atoms with van der Waals surface area (Å²) in [6, 6.07) is 21.0. The predicted octanol–water partition coefficient (Wildman–Crippen LogP) is 3.42. The Morgan fingerprint density at radius 2 is 1.46 bits per heavy atom. The molecule has 0 aliphatic heterocycles. The minimum atomic E-state index is -0.298. The van der Waals surface area contributed by atoms with Crippen molar-refractivity contribution < 1.29 is 14.7 Å². The van der Waals surface area contributed by atoms with Gasteiger partial charge in [0.15, 0.2) is 5.69 Å². The first-order valence-corrected chi connectivity index (χ1v) is 8.67. The Labute approximate surface area is 159 Å². The standard InChI is InChI=1S/C22H13N3O3/c26-16-5-3-4-14(12-16)13-8-10-15(11-9-13)25-20-19(23-24-25)21(27)17-6-1-2-7-18(17)22(20)28/h1-12,26H. The fraction of sp³-hybridized carbons (Fsp3) is 0. The van der Waals surface area contributed by atoms with Gasteiger partial charge in [0.05, 0.1) is 5.69 Å². The van der Waals surface area contributed by atoms with Crippen LogP contribution in [0.1, 0.15) is 32.1 Å². The molecular weight excluding hydrogens is 354 g/mol. The van der Waals surface area contributed by atoms with E-state index >= 15 is 0 Å². The smallest absolute Gasteiger partial charge is 0.216 e. The summed E-state index contributed by atoms with van der Waals surface area (Å²) in [5.41, 5.74) is 3.35. The van der Waals surface area contributed by atoms with Crippen LogP contribution in [-0.2, 0) is 0 Å². The van der Waals surface area contributed by atoms with Crippen LogP contribution in [0.2, 0.25) is 0 Å². The molecule has 0 spiro atoms. The van der Waals surface area contributed by atoms with E-state index in [-0.39, 0.29) is 28.7 Å². The van der Waals surface area contributed by atoms with Crippen molar-refractivity contribution in [2.45, 2.75) is 0 Å². The van der Waals surface area contributed by atoms with E-state index in [9.17, 15) is 14.7 Å². The summed E-state index contributed by atoms with van der Waals surface area (Å²) in [5, 5.41) is 17.7. The third kappa shape index (κ3) is 2.35. The average Bonchev–Trinajstić information content (AvgIpc) is 3.18. The van der Waals surface area contributed by atoms with Crippen molar-refractivity contribution in [3.05, 3.63) is 95.3 Å². The zero-order chi connectivity index (χ0) is 19.3. The van der Waals surface area contributed by atoms with Crippen LogP contribution in [0.15, 0.2) is 72.8 Å².